The van der Waals surface area contributed by atoms with Crippen LogP contribution in [0.3, 0.4) is 0 Å². The van der Waals surface area contributed by atoms with Gasteiger partial charge in [0.05, 0.1) is 7.11 Å². The summed E-state index contributed by atoms with van der Waals surface area (Å²) in [4.78, 5) is 11.6. The zero-order chi connectivity index (χ0) is 14.9. The van der Waals surface area contributed by atoms with Crippen LogP contribution in [0.15, 0.2) is 36.5 Å². The van der Waals surface area contributed by atoms with E-state index in [2.05, 4.69) is 16.7 Å². The number of hydrogen-bond acceptors (Lipinski definition) is 2. The van der Waals surface area contributed by atoms with E-state index in [9.17, 15) is 4.79 Å². The Morgan fingerprint density at radius 2 is 2.19 bits per heavy atom. The van der Waals surface area contributed by atoms with Crippen LogP contribution in [0.25, 0.3) is 0 Å². The van der Waals surface area contributed by atoms with Crippen molar-refractivity contribution in [3.63, 3.8) is 0 Å². The maximum absolute atomic E-state index is 11.6. The minimum Gasteiger partial charge on any atom is -0.497 e. The molecule has 0 aromatic heterocycles. The van der Waals surface area contributed by atoms with E-state index in [0.29, 0.717) is 12.5 Å². The lowest BCUT2D eigenvalue weighted by atomic mass is 10.1. The van der Waals surface area contributed by atoms with Crippen molar-refractivity contribution in [2.75, 3.05) is 13.7 Å². The molecular weight excluding hydrogens is 264 g/mol. The van der Waals surface area contributed by atoms with Crippen molar-refractivity contribution >= 4 is 6.03 Å². The molecule has 1 aromatic rings. The summed E-state index contributed by atoms with van der Waals surface area (Å²) in [5.41, 5.74) is 1.15. The predicted octanol–water partition coefficient (Wildman–Crippen LogP) is 3.24. The first-order valence-corrected chi connectivity index (χ1v) is 7.62. The first kappa shape index (κ1) is 15.4. The van der Waals surface area contributed by atoms with Crippen molar-refractivity contribution in [1.29, 1.82) is 0 Å². The number of benzene rings is 1. The summed E-state index contributed by atoms with van der Waals surface area (Å²) in [6, 6.07) is 7.74. The van der Waals surface area contributed by atoms with Gasteiger partial charge < -0.3 is 15.4 Å². The number of carbonyl (C=O) groups is 1. The van der Waals surface area contributed by atoms with Crippen LogP contribution in [0.5, 0.6) is 5.75 Å². The highest BCUT2D eigenvalue weighted by Crippen LogP contribution is 2.25. The van der Waals surface area contributed by atoms with Crippen LogP contribution in [0.2, 0.25) is 0 Å². The van der Waals surface area contributed by atoms with Crippen molar-refractivity contribution in [2.45, 2.75) is 32.1 Å². The van der Waals surface area contributed by atoms with Gasteiger partial charge in [0, 0.05) is 12.7 Å². The van der Waals surface area contributed by atoms with Crippen LogP contribution < -0.4 is 15.4 Å². The van der Waals surface area contributed by atoms with Gasteiger partial charge in [-0.1, -0.05) is 31.1 Å². The minimum absolute atomic E-state index is 0.146. The predicted molar refractivity (Wildman–Crippen MR) is 84.3 cm³/mol. The molecule has 0 atom stereocenters. The third kappa shape index (κ3) is 5.50. The summed E-state index contributed by atoms with van der Waals surface area (Å²) >= 11 is 0. The number of allylic oxidation sites excluding steroid dienone is 1. The third-order valence-corrected chi connectivity index (χ3v) is 3.82. The lowest BCUT2D eigenvalue weighted by Crippen LogP contribution is -2.33. The summed E-state index contributed by atoms with van der Waals surface area (Å²) in [5.74, 6) is 1.48. The number of hydrogen-bond donors (Lipinski definition) is 2. The number of rotatable bonds is 6. The summed E-state index contributed by atoms with van der Waals surface area (Å²) in [6.07, 6.45) is 9.78. The molecule has 4 nitrogen and oxygen atoms in total. The smallest absolute Gasteiger partial charge is 0.318 e. The number of nitrogens with one attached hydrogen (secondary N) is 2. The Morgan fingerprint density at radius 1 is 1.38 bits per heavy atom. The second kappa shape index (κ2) is 8.35. The van der Waals surface area contributed by atoms with Crippen LogP contribution in [0.4, 0.5) is 4.79 Å². The molecular formula is C17H24N2O2. The normalized spacial score (nSPS) is 15.3. The van der Waals surface area contributed by atoms with E-state index in [0.717, 1.165) is 17.7 Å². The molecule has 0 radical (unpaired) electrons. The Hall–Kier alpha value is -1.97. The van der Waals surface area contributed by atoms with Gasteiger partial charge in [-0.25, -0.2) is 4.79 Å². The maximum Gasteiger partial charge on any atom is 0.318 e. The average Bonchev–Trinajstić information content (AvgIpc) is 3.01. The van der Waals surface area contributed by atoms with Gasteiger partial charge in [-0.2, -0.15) is 0 Å². The minimum atomic E-state index is -0.146. The van der Waals surface area contributed by atoms with Crippen molar-refractivity contribution in [3.8, 4) is 5.75 Å². The van der Waals surface area contributed by atoms with E-state index in [1.54, 1.807) is 13.3 Å². The van der Waals surface area contributed by atoms with Gasteiger partial charge in [-0.3, -0.25) is 0 Å². The summed E-state index contributed by atoms with van der Waals surface area (Å²) < 4.78 is 5.18. The number of urea groups is 1. The van der Waals surface area contributed by atoms with Crippen LogP contribution in [0, 0.1) is 5.92 Å². The molecule has 0 spiro atoms. The fourth-order valence-corrected chi connectivity index (χ4v) is 2.61. The van der Waals surface area contributed by atoms with Crippen LogP contribution >= 0.6 is 0 Å². The lowest BCUT2D eigenvalue weighted by molar-refractivity contribution is 0.244. The summed E-state index contributed by atoms with van der Waals surface area (Å²) in [6.45, 7) is 0.607. The number of ether oxygens (including phenoxy) is 1. The molecule has 1 aliphatic rings. The third-order valence-electron chi connectivity index (χ3n) is 3.82. The molecule has 0 heterocycles. The molecule has 0 aliphatic heterocycles. The standard InChI is InChI=1S/C17H24N2O2/c1-21-16-8-4-7-15(13-16)10-12-19-17(20)18-11-9-14-5-2-3-6-14/h4,7-9,11,13-14H,2-3,5-6,10,12H2,1H3,(H2,18,19,20)/b11-9+. The second-order valence-electron chi connectivity index (χ2n) is 5.41. The summed E-state index contributed by atoms with van der Waals surface area (Å²) in [5, 5.41) is 5.61. The molecule has 2 rings (SSSR count). The monoisotopic (exact) mass is 288 g/mol. The highest BCUT2D eigenvalue weighted by molar-refractivity contribution is 5.74. The molecule has 0 unspecified atom stereocenters. The van der Waals surface area contributed by atoms with E-state index in [1.807, 2.05) is 24.3 Å². The lowest BCUT2D eigenvalue weighted by Gasteiger charge is -2.07. The Labute approximate surface area is 126 Å². The maximum atomic E-state index is 11.6. The van der Waals surface area contributed by atoms with Crippen LogP contribution in [0.1, 0.15) is 31.2 Å². The molecule has 114 valence electrons. The topological polar surface area (TPSA) is 50.4 Å². The van der Waals surface area contributed by atoms with Gasteiger partial charge >= 0.3 is 6.03 Å². The molecule has 1 aromatic carbocycles. The Bertz CT molecular complexity index is 479. The fraction of sp³-hybridized carbons (Fsp3) is 0.471. The van der Waals surface area contributed by atoms with E-state index in [4.69, 9.17) is 4.74 Å². The average molecular weight is 288 g/mol. The Balaban J connectivity index is 1.64. The van der Waals surface area contributed by atoms with Gasteiger partial charge in [0.1, 0.15) is 5.75 Å². The number of methoxy groups -OCH3 is 1. The second-order valence-corrected chi connectivity index (χ2v) is 5.41. The van der Waals surface area contributed by atoms with Crippen LogP contribution in [-0.2, 0) is 6.42 Å². The molecule has 2 amide bonds. The van der Waals surface area contributed by atoms with E-state index < -0.39 is 0 Å². The molecule has 0 saturated heterocycles. The number of amides is 2. The van der Waals surface area contributed by atoms with E-state index in [1.165, 1.54) is 25.7 Å². The SMILES string of the molecule is COc1cccc(CCNC(=O)N/C=C/C2CCCC2)c1. The highest BCUT2D eigenvalue weighted by Gasteiger charge is 2.11. The van der Waals surface area contributed by atoms with Gasteiger partial charge in [0.15, 0.2) is 0 Å². The summed E-state index contributed by atoms with van der Waals surface area (Å²) in [7, 11) is 1.65. The van der Waals surface area contributed by atoms with Crippen molar-refractivity contribution in [1.82, 2.24) is 10.6 Å². The van der Waals surface area contributed by atoms with Crippen LogP contribution in [-0.4, -0.2) is 19.7 Å². The molecule has 2 N–H and O–H groups in total. The molecule has 0 bridgehead atoms. The van der Waals surface area contributed by atoms with Gasteiger partial charge in [-0.05, 0) is 42.9 Å². The largest absolute Gasteiger partial charge is 0.497 e. The number of carbonyl (C=O) groups excluding carboxylic acids is 1. The zero-order valence-corrected chi connectivity index (χ0v) is 12.6. The van der Waals surface area contributed by atoms with Gasteiger partial charge in [0.2, 0.25) is 0 Å². The first-order valence-electron chi connectivity index (χ1n) is 7.62. The molecule has 4 heteroatoms. The van der Waals surface area contributed by atoms with Crippen molar-refractivity contribution in [3.05, 3.63) is 42.1 Å². The van der Waals surface area contributed by atoms with Gasteiger partial charge in [-0.15, -0.1) is 0 Å². The highest BCUT2D eigenvalue weighted by atomic mass is 16.5. The Morgan fingerprint density at radius 3 is 2.95 bits per heavy atom. The van der Waals surface area contributed by atoms with Crippen molar-refractivity contribution in [2.24, 2.45) is 5.92 Å². The molecule has 1 fully saturated rings. The fourth-order valence-electron chi connectivity index (χ4n) is 2.61. The molecule has 21 heavy (non-hydrogen) atoms. The zero-order valence-electron chi connectivity index (χ0n) is 12.6. The van der Waals surface area contributed by atoms with E-state index in [-0.39, 0.29) is 6.03 Å². The molecule has 1 aliphatic carbocycles. The van der Waals surface area contributed by atoms with E-state index >= 15 is 0 Å². The first-order chi connectivity index (χ1) is 10.3. The molecule has 1 saturated carbocycles. The van der Waals surface area contributed by atoms with Crippen molar-refractivity contribution < 1.29 is 9.53 Å². The quantitative estimate of drug-likeness (QED) is 0.844. The van der Waals surface area contributed by atoms with Gasteiger partial charge in [0.25, 0.3) is 0 Å². The Kier molecular flexibility index (Phi) is 6.13.